The summed E-state index contributed by atoms with van der Waals surface area (Å²) in [6.07, 6.45) is 0.783. The first-order chi connectivity index (χ1) is 9.75. The number of hydrogen-bond donors (Lipinski definition) is 1. The van der Waals surface area contributed by atoms with E-state index >= 15 is 0 Å². The molecule has 0 bridgehead atoms. The summed E-state index contributed by atoms with van der Waals surface area (Å²) in [6.45, 7) is 1.60. The molecule has 1 aliphatic rings. The molecule has 2 aromatic carbocycles. The van der Waals surface area contributed by atoms with Gasteiger partial charge in [0, 0.05) is 18.5 Å². The van der Waals surface area contributed by atoms with Gasteiger partial charge >= 0.3 is 0 Å². The van der Waals surface area contributed by atoms with Crippen molar-refractivity contribution in [2.75, 3.05) is 20.2 Å². The third kappa shape index (κ3) is 2.18. The van der Waals surface area contributed by atoms with Crippen LogP contribution in [0.2, 0.25) is 0 Å². The zero-order chi connectivity index (χ0) is 14.0. The molecule has 1 fully saturated rings. The van der Waals surface area contributed by atoms with E-state index in [0.29, 0.717) is 0 Å². The summed E-state index contributed by atoms with van der Waals surface area (Å²) in [5, 5.41) is 3.28. The highest BCUT2D eigenvalue weighted by Gasteiger charge is 2.41. The van der Waals surface area contributed by atoms with Crippen LogP contribution < -0.4 is 10.1 Å². The van der Waals surface area contributed by atoms with Gasteiger partial charge < -0.3 is 10.1 Å². The molecule has 0 atom stereocenters. The maximum Gasteiger partial charge on any atom is 0.127 e. The van der Waals surface area contributed by atoms with E-state index < -0.39 is 0 Å². The van der Waals surface area contributed by atoms with Crippen LogP contribution in [0.4, 0.5) is 4.39 Å². The number of rotatable bonds is 4. The Hall–Kier alpha value is -1.87. The Bertz CT molecular complexity index is 607. The zero-order valence-electron chi connectivity index (χ0n) is 11.5. The van der Waals surface area contributed by atoms with Crippen molar-refractivity contribution >= 4 is 0 Å². The Labute approximate surface area is 118 Å². The number of nitrogens with one attached hydrogen (secondary N) is 1. The number of hydrogen-bond acceptors (Lipinski definition) is 2. The second-order valence-electron chi connectivity index (χ2n) is 5.35. The number of halogens is 1. The fraction of sp³-hybridized carbons (Fsp3) is 0.294. The van der Waals surface area contributed by atoms with Gasteiger partial charge in [-0.05, 0) is 29.7 Å². The SMILES string of the molecule is COc1ccccc1CC1(c2ccccc2F)CNC1. The topological polar surface area (TPSA) is 21.3 Å². The van der Waals surface area contributed by atoms with E-state index in [9.17, 15) is 4.39 Å². The largest absolute Gasteiger partial charge is 0.496 e. The zero-order valence-corrected chi connectivity index (χ0v) is 11.5. The van der Waals surface area contributed by atoms with Gasteiger partial charge in [0.15, 0.2) is 0 Å². The van der Waals surface area contributed by atoms with E-state index in [1.807, 2.05) is 30.3 Å². The average Bonchev–Trinajstić information content (AvgIpc) is 2.44. The van der Waals surface area contributed by atoms with Crippen molar-refractivity contribution in [3.8, 4) is 5.75 Å². The lowest BCUT2D eigenvalue weighted by Gasteiger charge is -2.43. The first kappa shape index (κ1) is 13.1. The van der Waals surface area contributed by atoms with E-state index in [2.05, 4.69) is 11.4 Å². The van der Waals surface area contributed by atoms with Crippen LogP contribution in [0.25, 0.3) is 0 Å². The van der Waals surface area contributed by atoms with Gasteiger partial charge in [-0.15, -0.1) is 0 Å². The number of para-hydroxylation sites is 1. The first-order valence-corrected chi connectivity index (χ1v) is 6.83. The summed E-state index contributed by atoms with van der Waals surface area (Å²) in [5.74, 6) is 0.749. The maximum atomic E-state index is 14.1. The van der Waals surface area contributed by atoms with Crippen LogP contribution in [0.15, 0.2) is 48.5 Å². The summed E-state index contributed by atoms with van der Waals surface area (Å²) >= 11 is 0. The minimum absolute atomic E-state index is 0.121. The maximum absolute atomic E-state index is 14.1. The monoisotopic (exact) mass is 271 g/mol. The van der Waals surface area contributed by atoms with Gasteiger partial charge in [-0.1, -0.05) is 36.4 Å². The van der Waals surface area contributed by atoms with Gasteiger partial charge in [-0.3, -0.25) is 0 Å². The van der Waals surface area contributed by atoms with Crippen LogP contribution >= 0.6 is 0 Å². The van der Waals surface area contributed by atoms with E-state index in [-0.39, 0.29) is 11.2 Å². The van der Waals surface area contributed by atoms with Crippen LogP contribution in [-0.2, 0) is 11.8 Å². The lowest BCUT2D eigenvalue weighted by atomic mass is 9.70. The van der Waals surface area contributed by atoms with Gasteiger partial charge in [0.05, 0.1) is 7.11 Å². The van der Waals surface area contributed by atoms with Crippen molar-refractivity contribution in [2.45, 2.75) is 11.8 Å². The predicted molar refractivity (Wildman–Crippen MR) is 77.6 cm³/mol. The van der Waals surface area contributed by atoms with E-state index in [1.54, 1.807) is 13.2 Å². The standard InChI is InChI=1S/C17H18FNO/c1-20-16-9-5-2-6-13(16)10-17(11-19-12-17)14-7-3-4-8-15(14)18/h2-9,19H,10-12H2,1H3. The summed E-state index contributed by atoms with van der Waals surface area (Å²) in [4.78, 5) is 0. The number of benzene rings is 2. The fourth-order valence-corrected chi connectivity index (χ4v) is 2.94. The van der Waals surface area contributed by atoms with Gasteiger partial charge in [0.1, 0.15) is 11.6 Å². The molecule has 1 N–H and O–H groups in total. The Morgan fingerprint density at radius 2 is 1.80 bits per heavy atom. The van der Waals surface area contributed by atoms with E-state index in [0.717, 1.165) is 36.4 Å². The molecule has 20 heavy (non-hydrogen) atoms. The van der Waals surface area contributed by atoms with E-state index in [4.69, 9.17) is 4.74 Å². The molecule has 104 valence electrons. The molecule has 0 aromatic heterocycles. The summed E-state index contributed by atoms with van der Waals surface area (Å²) < 4.78 is 19.5. The lowest BCUT2D eigenvalue weighted by Crippen LogP contribution is -2.58. The van der Waals surface area contributed by atoms with Crippen LogP contribution in [0.3, 0.4) is 0 Å². The minimum atomic E-state index is -0.167. The molecular weight excluding hydrogens is 253 g/mol. The third-order valence-electron chi connectivity index (χ3n) is 4.09. The van der Waals surface area contributed by atoms with Gasteiger partial charge in [0.2, 0.25) is 0 Å². The lowest BCUT2D eigenvalue weighted by molar-refractivity contribution is 0.262. The molecule has 1 heterocycles. The number of methoxy groups -OCH3 is 1. The van der Waals surface area contributed by atoms with Crippen LogP contribution in [0.1, 0.15) is 11.1 Å². The summed E-state index contributed by atoms with van der Waals surface area (Å²) in [7, 11) is 1.67. The fourth-order valence-electron chi connectivity index (χ4n) is 2.94. The van der Waals surface area contributed by atoms with Crippen molar-refractivity contribution < 1.29 is 9.13 Å². The van der Waals surface area contributed by atoms with Gasteiger partial charge in [-0.25, -0.2) is 4.39 Å². The molecule has 0 radical (unpaired) electrons. The Morgan fingerprint density at radius 1 is 1.10 bits per heavy atom. The normalized spacial score (nSPS) is 16.5. The highest BCUT2D eigenvalue weighted by Crippen LogP contribution is 2.36. The summed E-state index contributed by atoms with van der Waals surface area (Å²) in [5.41, 5.74) is 1.75. The Balaban J connectivity index is 1.96. The van der Waals surface area contributed by atoms with Crippen molar-refractivity contribution in [3.63, 3.8) is 0 Å². The average molecular weight is 271 g/mol. The highest BCUT2D eigenvalue weighted by molar-refractivity contribution is 5.40. The Kier molecular flexibility index (Phi) is 3.45. The molecule has 3 rings (SSSR count). The smallest absolute Gasteiger partial charge is 0.127 e. The quantitative estimate of drug-likeness (QED) is 0.923. The van der Waals surface area contributed by atoms with E-state index in [1.165, 1.54) is 6.07 Å². The third-order valence-corrected chi connectivity index (χ3v) is 4.09. The van der Waals surface area contributed by atoms with Crippen LogP contribution in [0.5, 0.6) is 5.75 Å². The number of ether oxygens (including phenoxy) is 1. The Morgan fingerprint density at radius 3 is 2.45 bits per heavy atom. The van der Waals surface area contributed by atoms with Crippen molar-refractivity contribution in [1.82, 2.24) is 5.32 Å². The molecular formula is C17H18FNO. The molecule has 0 saturated carbocycles. The molecule has 2 nitrogen and oxygen atoms in total. The highest BCUT2D eigenvalue weighted by atomic mass is 19.1. The van der Waals surface area contributed by atoms with Gasteiger partial charge in [0.25, 0.3) is 0 Å². The molecule has 0 spiro atoms. The van der Waals surface area contributed by atoms with Gasteiger partial charge in [-0.2, -0.15) is 0 Å². The molecule has 1 saturated heterocycles. The molecule has 0 unspecified atom stereocenters. The molecule has 2 aromatic rings. The van der Waals surface area contributed by atoms with Crippen molar-refractivity contribution in [3.05, 3.63) is 65.5 Å². The first-order valence-electron chi connectivity index (χ1n) is 6.83. The second kappa shape index (κ2) is 5.25. The second-order valence-corrected chi connectivity index (χ2v) is 5.35. The summed E-state index contributed by atoms with van der Waals surface area (Å²) in [6, 6.07) is 15.0. The minimum Gasteiger partial charge on any atom is -0.496 e. The molecule has 3 heteroatoms. The molecule has 0 aliphatic carbocycles. The molecule has 0 amide bonds. The van der Waals surface area contributed by atoms with Crippen molar-refractivity contribution in [2.24, 2.45) is 0 Å². The van der Waals surface area contributed by atoms with Crippen molar-refractivity contribution in [1.29, 1.82) is 0 Å². The molecule has 1 aliphatic heterocycles. The van der Waals surface area contributed by atoms with Crippen LogP contribution in [0, 0.1) is 5.82 Å². The van der Waals surface area contributed by atoms with Crippen LogP contribution in [-0.4, -0.2) is 20.2 Å². The predicted octanol–water partition coefficient (Wildman–Crippen LogP) is 2.92.